The van der Waals surface area contributed by atoms with Gasteiger partial charge < -0.3 is 15.5 Å². The van der Waals surface area contributed by atoms with Crippen LogP contribution >= 0.6 is 15.9 Å². The molecule has 1 fully saturated rings. The summed E-state index contributed by atoms with van der Waals surface area (Å²) in [4.78, 5) is 13.8. The molecule has 1 atom stereocenters. The molecule has 1 aliphatic rings. The fourth-order valence-electron chi connectivity index (χ4n) is 2.17. The Labute approximate surface area is 116 Å². The summed E-state index contributed by atoms with van der Waals surface area (Å²) >= 11 is 3.46. The summed E-state index contributed by atoms with van der Waals surface area (Å²) in [6.07, 6.45) is 0.951. The van der Waals surface area contributed by atoms with E-state index >= 15 is 0 Å². The summed E-state index contributed by atoms with van der Waals surface area (Å²) in [7, 11) is 1.93. The zero-order valence-corrected chi connectivity index (χ0v) is 12.0. The average Bonchev–Trinajstić information content (AvgIpc) is 2.36. The van der Waals surface area contributed by atoms with Crippen molar-refractivity contribution >= 4 is 27.5 Å². The van der Waals surface area contributed by atoms with E-state index in [4.69, 9.17) is 0 Å². The zero-order chi connectivity index (χ0) is 13.0. The molecule has 0 radical (unpaired) electrons. The largest absolute Gasteiger partial charge is 0.360 e. The number of carbonyl (C=O) groups is 1. The molecule has 0 spiro atoms. The molecule has 1 amide bonds. The highest BCUT2D eigenvalue weighted by Gasteiger charge is 2.24. The minimum Gasteiger partial charge on any atom is -0.360 e. The van der Waals surface area contributed by atoms with Crippen molar-refractivity contribution in [2.24, 2.45) is 0 Å². The van der Waals surface area contributed by atoms with E-state index in [0.717, 1.165) is 29.7 Å². The van der Waals surface area contributed by atoms with Crippen molar-refractivity contribution in [1.29, 1.82) is 0 Å². The Balaban J connectivity index is 2.06. The first-order valence-corrected chi connectivity index (χ1v) is 6.93. The molecule has 2 rings (SSSR count). The quantitative estimate of drug-likeness (QED) is 0.882. The molecule has 1 heterocycles. The molecule has 0 saturated carbocycles. The number of amides is 1. The van der Waals surface area contributed by atoms with Crippen molar-refractivity contribution in [3.05, 3.63) is 28.7 Å². The second-order valence-electron chi connectivity index (χ2n) is 4.52. The van der Waals surface area contributed by atoms with Crippen molar-refractivity contribution in [2.75, 3.05) is 31.6 Å². The summed E-state index contributed by atoms with van der Waals surface area (Å²) in [6.45, 7) is 2.22. The zero-order valence-electron chi connectivity index (χ0n) is 10.4. The van der Waals surface area contributed by atoms with E-state index in [9.17, 15) is 4.79 Å². The van der Waals surface area contributed by atoms with Gasteiger partial charge >= 0.3 is 0 Å². The third kappa shape index (κ3) is 3.46. The van der Waals surface area contributed by atoms with Crippen molar-refractivity contribution in [1.82, 2.24) is 10.6 Å². The van der Waals surface area contributed by atoms with Gasteiger partial charge in [-0.15, -0.1) is 0 Å². The van der Waals surface area contributed by atoms with E-state index in [1.165, 1.54) is 0 Å². The second-order valence-corrected chi connectivity index (χ2v) is 5.43. The molecule has 18 heavy (non-hydrogen) atoms. The first-order chi connectivity index (χ1) is 8.69. The smallest absolute Gasteiger partial charge is 0.239 e. The van der Waals surface area contributed by atoms with Crippen LogP contribution in [0, 0.1) is 0 Å². The second kappa shape index (κ2) is 6.20. The number of rotatable bonds is 4. The Morgan fingerprint density at radius 2 is 2.39 bits per heavy atom. The summed E-state index contributed by atoms with van der Waals surface area (Å²) in [6, 6.07) is 8.30. The lowest BCUT2D eigenvalue weighted by Crippen LogP contribution is -2.54. The first-order valence-electron chi connectivity index (χ1n) is 6.13. The summed E-state index contributed by atoms with van der Waals surface area (Å²) in [5.41, 5.74) is 1.09. The Morgan fingerprint density at radius 1 is 1.56 bits per heavy atom. The SMILES string of the molecule is CNCCC1CN(c2cccc(Br)c2)CC(=O)N1. The fourth-order valence-corrected chi connectivity index (χ4v) is 2.56. The van der Waals surface area contributed by atoms with Crippen LogP contribution in [0.25, 0.3) is 0 Å². The number of anilines is 1. The maximum absolute atomic E-state index is 11.7. The topological polar surface area (TPSA) is 44.4 Å². The van der Waals surface area contributed by atoms with Crippen molar-refractivity contribution < 1.29 is 4.79 Å². The highest BCUT2D eigenvalue weighted by Crippen LogP contribution is 2.21. The maximum atomic E-state index is 11.7. The lowest BCUT2D eigenvalue weighted by Gasteiger charge is -2.34. The number of hydrogen-bond acceptors (Lipinski definition) is 3. The minimum absolute atomic E-state index is 0.0994. The van der Waals surface area contributed by atoms with Crippen molar-refractivity contribution in [2.45, 2.75) is 12.5 Å². The van der Waals surface area contributed by atoms with Gasteiger partial charge in [0, 0.05) is 22.7 Å². The van der Waals surface area contributed by atoms with Gasteiger partial charge in [-0.25, -0.2) is 0 Å². The molecule has 0 aliphatic carbocycles. The van der Waals surface area contributed by atoms with Crippen LogP contribution in [-0.2, 0) is 4.79 Å². The normalized spacial score (nSPS) is 19.8. The van der Waals surface area contributed by atoms with Gasteiger partial charge in [-0.2, -0.15) is 0 Å². The molecule has 1 aromatic rings. The molecule has 1 aromatic carbocycles. The third-order valence-electron chi connectivity index (χ3n) is 3.06. The van der Waals surface area contributed by atoms with E-state index in [1.54, 1.807) is 0 Å². The van der Waals surface area contributed by atoms with Gasteiger partial charge in [0.2, 0.25) is 5.91 Å². The van der Waals surface area contributed by atoms with E-state index in [-0.39, 0.29) is 11.9 Å². The van der Waals surface area contributed by atoms with Gasteiger partial charge in [-0.05, 0) is 38.2 Å². The summed E-state index contributed by atoms with van der Waals surface area (Å²) < 4.78 is 1.04. The Hall–Kier alpha value is -1.07. The van der Waals surface area contributed by atoms with Gasteiger partial charge in [-0.3, -0.25) is 4.79 Å². The number of nitrogens with one attached hydrogen (secondary N) is 2. The van der Waals surface area contributed by atoms with Crippen LogP contribution in [0.3, 0.4) is 0 Å². The summed E-state index contributed by atoms with van der Waals surface area (Å²) in [5, 5.41) is 6.15. The van der Waals surface area contributed by atoms with E-state index in [1.807, 2.05) is 31.3 Å². The minimum atomic E-state index is 0.0994. The van der Waals surface area contributed by atoms with Crippen LogP contribution in [0.1, 0.15) is 6.42 Å². The van der Waals surface area contributed by atoms with E-state index in [0.29, 0.717) is 6.54 Å². The van der Waals surface area contributed by atoms with Crippen LogP contribution in [0.4, 0.5) is 5.69 Å². The van der Waals surface area contributed by atoms with Crippen LogP contribution in [0.15, 0.2) is 28.7 Å². The molecule has 1 aliphatic heterocycles. The van der Waals surface area contributed by atoms with Crippen LogP contribution in [0.2, 0.25) is 0 Å². The van der Waals surface area contributed by atoms with E-state index < -0.39 is 0 Å². The van der Waals surface area contributed by atoms with Gasteiger partial charge in [0.15, 0.2) is 0 Å². The van der Waals surface area contributed by atoms with Gasteiger partial charge in [0.25, 0.3) is 0 Å². The molecule has 98 valence electrons. The van der Waals surface area contributed by atoms with Gasteiger partial charge in [0.1, 0.15) is 0 Å². The molecule has 0 aromatic heterocycles. The summed E-state index contributed by atoms with van der Waals surface area (Å²) in [5.74, 6) is 0.0994. The van der Waals surface area contributed by atoms with E-state index in [2.05, 4.69) is 31.5 Å². The van der Waals surface area contributed by atoms with Crippen molar-refractivity contribution in [3.63, 3.8) is 0 Å². The molecule has 0 bridgehead atoms. The molecular formula is C13H18BrN3O. The van der Waals surface area contributed by atoms with Crippen LogP contribution < -0.4 is 15.5 Å². The van der Waals surface area contributed by atoms with Gasteiger partial charge in [-0.1, -0.05) is 22.0 Å². The Morgan fingerprint density at radius 3 is 3.11 bits per heavy atom. The fraction of sp³-hybridized carbons (Fsp3) is 0.462. The first kappa shape index (κ1) is 13.4. The number of piperazine rings is 1. The van der Waals surface area contributed by atoms with Gasteiger partial charge in [0.05, 0.1) is 6.54 Å². The van der Waals surface area contributed by atoms with Crippen molar-refractivity contribution in [3.8, 4) is 0 Å². The predicted molar refractivity (Wildman–Crippen MR) is 76.8 cm³/mol. The maximum Gasteiger partial charge on any atom is 0.239 e. The standard InChI is InChI=1S/C13H18BrN3O/c1-15-6-5-11-8-17(9-13(18)16-11)12-4-2-3-10(14)7-12/h2-4,7,11,15H,5-6,8-9H2,1H3,(H,16,18). The molecule has 2 N–H and O–H groups in total. The number of benzene rings is 1. The number of nitrogens with zero attached hydrogens (tertiary/aromatic N) is 1. The monoisotopic (exact) mass is 311 g/mol. The lowest BCUT2D eigenvalue weighted by molar-refractivity contribution is -0.121. The molecular weight excluding hydrogens is 294 g/mol. The number of carbonyl (C=O) groups excluding carboxylic acids is 1. The highest BCUT2D eigenvalue weighted by atomic mass is 79.9. The predicted octanol–water partition coefficient (Wildman–Crippen LogP) is 1.36. The number of hydrogen-bond donors (Lipinski definition) is 2. The number of halogens is 1. The average molecular weight is 312 g/mol. The van der Waals surface area contributed by atoms with Crippen LogP contribution in [-0.4, -0.2) is 38.6 Å². The molecule has 1 unspecified atom stereocenters. The Kier molecular flexibility index (Phi) is 4.60. The van der Waals surface area contributed by atoms with Crippen LogP contribution in [0.5, 0.6) is 0 Å². The third-order valence-corrected chi connectivity index (χ3v) is 3.55. The molecule has 1 saturated heterocycles. The lowest BCUT2D eigenvalue weighted by atomic mass is 10.1. The Bertz CT molecular complexity index is 424. The molecule has 4 nitrogen and oxygen atoms in total. The highest BCUT2D eigenvalue weighted by molar-refractivity contribution is 9.10. The molecule has 5 heteroatoms.